The van der Waals surface area contributed by atoms with Gasteiger partial charge in [0.25, 0.3) is 0 Å². The van der Waals surface area contributed by atoms with E-state index >= 15 is 0 Å². The molecule has 1 fully saturated rings. The number of aromatic nitrogens is 2. The van der Waals surface area contributed by atoms with E-state index in [1.807, 2.05) is 18.2 Å². The van der Waals surface area contributed by atoms with Gasteiger partial charge in [0.05, 0.1) is 25.0 Å². The first-order chi connectivity index (χ1) is 15.2. The molecule has 0 N–H and O–H groups in total. The SMILES string of the molecule is O=C(Cc1ccnnc1)c1cc(CN2CCOCC2)ccc1OCc1ccc(F)cc1. The third-order valence-electron chi connectivity index (χ3n) is 5.17. The molecule has 2 heterocycles. The van der Waals surface area contributed by atoms with Gasteiger partial charge in [-0.15, -0.1) is 0 Å². The molecule has 1 aromatic heterocycles. The van der Waals surface area contributed by atoms with E-state index in [1.54, 1.807) is 30.6 Å². The van der Waals surface area contributed by atoms with Gasteiger partial charge >= 0.3 is 0 Å². The molecule has 0 unspecified atom stereocenters. The maximum atomic E-state index is 13.2. The molecule has 0 radical (unpaired) electrons. The van der Waals surface area contributed by atoms with Gasteiger partial charge in [0.1, 0.15) is 18.2 Å². The van der Waals surface area contributed by atoms with Crippen LogP contribution in [0.15, 0.2) is 60.9 Å². The quantitative estimate of drug-likeness (QED) is 0.519. The number of hydrogen-bond acceptors (Lipinski definition) is 6. The molecular formula is C24H24FN3O3. The van der Waals surface area contributed by atoms with Crippen molar-refractivity contribution in [3.63, 3.8) is 0 Å². The third-order valence-corrected chi connectivity index (χ3v) is 5.17. The van der Waals surface area contributed by atoms with Crippen molar-refractivity contribution >= 4 is 5.78 Å². The van der Waals surface area contributed by atoms with Gasteiger partial charge in [-0.05, 0) is 47.0 Å². The minimum absolute atomic E-state index is 0.0501. The van der Waals surface area contributed by atoms with Crippen molar-refractivity contribution < 1.29 is 18.7 Å². The van der Waals surface area contributed by atoms with E-state index in [0.29, 0.717) is 11.3 Å². The first-order valence-corrected chi connectivity index (χ1v) is 10.3. The van der Waals surface area contributed by atoms with Crippen LogP contribution in [0.5, 0.6) is 5.75 Å². The van der Waals surface area contributed by atoms with Gasteiger partial charge in [0.15, 0.2) is 5.78 Å². The average molecular weight is 421 g/mol. The molecule has 2 aromatic carbocycles. The molecule has 0 spiro atoms. The summed E-state index contributed by atoms with van der Waals surface area (Å²) in [5.41, 5.74) is 3.20. The van der Waals surface area contributed by atoms with Gasteiger partial charge in [-0.1, -0.05) is 18.2 Å². The number of hydrogen-bond donors (Lipinski definition) is 0. The van der Waals surface area contributed by atoms with Crippen LogP contribution in [0.25, 0.3) is 0 Å². The molecule has 0 atom stereocenters. The molecule has 0 amide bonds. The van der Waals surface area contributed by atoms with E-state index in [4.69, 9.17) is 9.47 Å². The highest BCUT2D eigenvalue weighted by atomic mass is 19.1. The minimum Gasteiger partial charge on any atom is -0.488 e. The fourth-order valence-electron chi connectivity index (χ4n) is 3.48. The summed E-state index contributed by atoms with van der Waals surface area (Å²) in [6.07, 6.45) is 3.38. The lowest BCUT2D eigenvalue weighted by Crippen LogP contribution is -2.35. The van der Waals surface area contributed by atoms with Gasteiger partial charge in [-0.2, -0.15) is 10.2 Å². The largest absolute Gasteiger partial charge is 0.488 e. The van der Waals surface area contributed by atoms with E-state index in [-0.39, 0.29) is 24.6 Å². The van der Waals surface area contributed by atoms with E-state index in [9.17, 15) is 9.18 Å². The second kappa shape index (κ2) is 10.2. The highest BCUT2D eigenvalue weighted by Gasteiger charge is 2.17. The molecule has 31 heavy (non-hydrogen) atoms. The maximum absolute atomic E-state index is 13.2. The number of benzene rings is 2. The predicted octanol–water partition coefficient (Wildman–Crippen LogP) is 3.45. The molecule has 4 rings (SSSR count). The van der Waals surface area contributed by atoms with Crippen LogP contribution in [0.1, 0.15) is 27.0 Å². The normalized spacial score (nSPS) is 14.4. The van der Waals surface area contributed by atoms with Crippen molar-refractivity contribution in [2.45, 2.75) is 19.6 Å². The zero-order chi connectivity index (χ0) is 21.5. The van der Waals surface area contributed by atoms with Gasteiger partial charge < -0.3 is 9.47 Å². The highest BCUT2D eigenvalue weighted by Crippen LogP contribution is 2.24. The first-order valence-electron chi connectivity index (χ1n) is 10.3. The Bertz CT molecular complexity index is 1010. The lowest BCUT2D eigenvalue weighted by molar-refractivity contribution is 0.0341. The van der Waals surface area contributed by atoms with E-state index < -0.39 is 0 Å². The van der Waals surface area contributed by atoms with E-state index in [2.05, 4.69) is 15.1 Å². The summed E-state index contributed by atoms with van der Waals surface area (Å²) in [4.78, 5) is 15.4. The van der Waals surface area contributed by atoms with Gasteiger partial charge in [-0.25, -0.2) is 4.39 Å². The minimum atomic E-state index is -0.293. The molecular weight excluding hydrogens is 397 g/mol. The summed E-state index contributed by atoms with van der Waals surface area (Å²) in [6, 6.07) is 13.7. The van der Waals surface area contributed by atoms with Crippen molar-refractivity contribution in [3.8, 4) is 5.75 Å². The van der Waals surface area contributed by atoms with E-state index in [1.165, 1.54) is 12.1 Å². The Balaban J connectivity index is 1.54. The Kier molecular flexibility index (Phi) is 6.96. The zero-order valence-electron chi connectivity index (χ0n) is 17.2. The number of ether oxygens (including phenoxy) is 2. The number of carbonyl (C=O) groups is 1. The standard InChI is InChI=1S/C24H24FN3O3/c25-21-4-1-18(2-5-21)17-31-24-6-3-20(16-28-9-11-30-12-10-28)13-22(24)23(29)14-19-7-8-26-27-15-19/h1-8,13,15H,9-12,14,16-17H2. The lowest BCUT2D eigenvalue weighted by Gasteiger charge is -2.26. The summed E-state index contributed by atoms with van der Waals surface area (Å²) in [5.74, 6) is 0.172. The Morgan fingerprint density at radius 2 is 1.77 bits per heavy atom. The van der Waals surface area contributed by atoms with Gasteiger partial charge in [0.2, 0.25) is 0 Å². The van der Waals surface area contributed by atoms with Crippen molar-refractivity contribution in [1.82, 2.24) is 15.1 Å². The Labute approximate surface area is 180 Å². The molecule has 7 heteroatoms. The highest BCUT2D eigenvalue weighted by molar-refractivity contribution is 6.00. The average Bonchev–Trinajstić information content (AvgIpc) is 2.80. The Morgan fingerprint density at radius 1 is 1.00 bits per heavy atom. The fraction of sp³-hybridized carbons (Fsp3) is 0.292. The maximum Gasteiger partial charge on any atom is 0.171 e. The van der Waals surface area contributed by atoms with Crippen LogP contribution in [-0.4, -0.2) is 47.2 Å². The molecule has 1 saturated heterocycles. The molecule has 1 aliphatic heterocycles. The molecule has 6 nitrogen and oxygen atoms in total. The van der Waals surface area contributed by atoms with Crippen LogP contribution in [-0.2, 0) is 24.3 Å². The molecule has 1 aliphatic rings. The second-order valence-electron chi connectivity index (χ2n) is 7.48. The van der Waals surface area contributed by atoms with E-state index in [0.717, 1.165) is 49.5 Å². The molecule has 0 aliphatic carbocycles. The number of ketones is 1. The second-order valence-corrected chi connectivity index (χ2v) is 7.48. The van der Waals surface area contributed by atoms with Crippen LogP contribution in [0.3, 0.4) is 0 Å². The molecule has 3 aromatic rings. The number of morpholine rings is 1. The lowest BCUT2D eigenvalue weighted by atomic mass is 10.0. The molecule has 0 bridgehead atoms. The Morgan fingerprint density at radius 3 is 2.52 bits per heavy atom. The van der Waals surface area contributed by atoms with Gasteiger partial charge in [0, 0.05) is 32.3 Å². The van der Waals surface area contributed by atoms with Crippen LogP contribution in [0.4, 0.5) is 4.39 Å². The summed E-state index contributed by atoms with van der Waals surface area (Å²) in [5, 5.41) is 7.61. The number of halogens is 1. The van der Waals surface area contributed by atoms with Crippen molar-refractivity contribution in [3.05, 3.63) is 89.0 Å². The van der Waals surface area contributed by atoms with Crippen LogP contribution >= 0.6 is 0 Å². The smallest absolute Gasteiger partial charge is 0.171 e. The van der Waals surface area contributed by atoms with Crippen molar-refractivity contribution in [2.24, 2.45) is 0 Å². The summed E-state index contributed by atoms with van der Waals surface area (Å²) < 4.78 is 24.5. The monoisotopic (exact) mass is 421 g/mol. The van der Waals surface area contributed by atoms with Crippen LogP contribution in [0.2, 0.25) is 0 Å². The summed E-state index contributed by atoms with van der Waals surface area (Å²) in [7, 11) is 0. The van der Waals surface area contributed by atoms with Crippen molar-refractivity contribution in [1.29, 1.82) is 0 Å². The number of Topliss-reactive ketones (excluding diaryl/α,β-unsaturated/α-hetero) is 1. The Hall–Kier alpha value is -3.16. The molecule has 0 saturated carbocycles. The predicted molar refractivity (Wildman–Crippen MR) is 113 cm³/mol. The molecule has 160 valence electrons. The van der Waals surface area contributed by atoms with Crippen LogP contribution in [0, 0.1) is 5.82 Å². The number of nitrogens with zero attached hydrogens (tertiary/aromatic N) is 3. The number of rotatable bonds is 8. The topological polar surface area (TPSA) is 64.6 Å². The fourth-order valence-corrected chi connectivity index (χ4v) is 3.48. The third kappa shape index (κ3) is 5.93. The van der Waals surface area contributed by atoms with Crippen LogP contribution < -0.4 is 4.74 Å². The summed E-state index contributed by atoms with van der Waals surface area (Å²) in [6.45, 7) is 4.18. The van der Waals surface area contributed by atoms with Crippen molar-refractivity contribution in [2.75, 3.05) is 26.3 Å². The first kappa shape index (κ1) is 21.1. The summed E-state index contributed by atoms with van der Waals surface area (Å²) >= 11 is 0. The van der Waals surface area contributed by atoms with Gasteiger partial charge in [-0.3, -0.25) is 9.69 Å². The zero-order valence-corrected chi connectivity index (χ0v) is 17.2. The number of carbonyl (C=O) groups excluding carboxylic acids is 1.